The van der Waals surface area contributed by atoms with Gasteiger partial charge in [-0.2, -0.15) is 0 Å². The normalized spacial score (nSPS) is 11.4. The summed E-state index contributed by atoms with van der Waals surface area (Å²) >= 11 is 0. The number of rotatable bonds is 2. The smallest absolute Gasteiger partial charge is 0.200 e. The van der Waals surface area contributed by atoms with E-state index < -0.39 is 41.1 Å². The van der Waals surface area contributed by atoms with Gasteiger partial charge >= 0.3 is 0 Å². The quantitative estimate of drug-likeness (QED) is 0.194. The van der Waals surface area contributed by atoms with Gasteiger partial charge in [0.2, 0.25) is 5.82 Å². The third-order valence-electron chi connectivity index (χ3n) is 4.39. The average molecular weight is 359 g/mol. The summed E-state index contributed by atoms with van der Waals surface area (Å²) < 4.78 is 68.1. The van der Waals surface area contributed by atoms with Gasteiger partial charge in [-0.25, -0.2) is 22.0 Å². The lowest BCUT2D eigenvalue weighted by Crippen LogP contribution is -2.08. The first-order valence-electron chi connectivity index (χ1n) is 7.74. The first-order valence-corrected chi connectivity index (χ1v) is 7.74. The fourth-order valence-electron chi connectivity index (χ4n) is 3.10. The maximum Gasteiger partial charge on any atom is 0.200 e. The van der Waals surface area contributed by atoms with Crippen molar-refractivity contribution < 1.29 is 22.0 Å². The van der Waals surface area contributed by atoms with E-state index in [1.54, 1.807) is 18.3 Å². The molecule has 0 amide bonds. The van der Waals surface area contributed by atoms with Crippen LogP contribution in [0.2, 0.25) is 0 Å². The Kier molecular flexibility index (Phi) is 3.83. The highest BCUT2D eigenvalue weighted by Crippen LogP contribution is 2.30. The fraction of sp³-hybridized carbons (Fsp3) is 0.0500. The van der Waals surface area contributed by atoms with Gasteiger partial charge < -0.3 is 0 Å². The Hall–Kier alpha value is -3.02. The van der Waals surface area contributed by atoms with Crippen LogP contribution in [0.5, 0.6) is 0 Å². The molecule has 1 nitrogen and oxygen atoms in total. The highest BCUT2D eigenvalue weighted by atomic mass is 19.2. The number of fused-ring (bicyclic) bond motifs is 3. The molecule has 3 aromatic carbocycles. The Morgan fingerprint density at radius 3 is 1.96 bits per heavy atom. The number of nitrogens with zero attached hydrogens (tertiary/aromatic N) is 1. The van der Waals surface area contributed by atoms with Crippen LogP contribution >= 0.6 is 0 Å². The summed E-state index contributed by atoms with van der Waals surface area (Å²) in [5, 5.41) is 2.22. The highest BCUT2D eigenvalue weighted by Gasteiger charge is 2.26. The molecule has 4 rings (SSSR count). The number of para-hydroxylation sites is 1. The van der Waals surface area contributed by atoms with E-state index in [0.29, 0.717) is 10.9 Å². The molecular weight excluding hydrogens is 349 g/mol. The molecule has 0 fully saturated rings. The molecule has 1 aromatic heterocycles. The van der Waals surface area contributed by atoms with E-state index >= 15 is 0 Å². The maximum atomic E-state index is 14.0. The van der Waals surface area contributed by atoms with Crippen molar-refractivity contribution >= 4 is 21.7 Å². The number of benzene rings is 3. The molecule has 1 heterocycles. The van der Waals surface area contributed by atoms with Crippen LogP contribution < -0.4 is 0 Å². The van der Waals surface area contributed by atoms with E-state index in [0.717, 1.165) is 16.3 Å². The number of pyridine rings is 1. The van der Waals surface area contributed by atoms with Gasteiger partial charge in [0.25, 0.3) is 0 Å². The summed E-state index contributed by atoms with van der Waals surface area (Å²) in [6.45, 7) is 0. The average Bonchev–Trinajstić information content (AvgIpc) is 2.68. The van der Waals surface area contributed by atoms with Gasteiger partial charge in [0.15, 0.2) is 23.3 Å². The lowest BCUT2D eigenvalue weighted by molar-refractivity contribution is 0.371. The summed E-state index contributed by atoms with van der Waals surface area (Å²) in [6.07, 6.45) is 1.10. The SMILES string of the molecule is Fc1c(F)c(F)c(Cc2cccc3c2cnc2ccccc23)c(F)c1F. The molecule has 0 aliphatic rings. The van der Waals surface area contributed by atoms with Gasteiger partial charge in [0.05, 0.1) is 5.52 Å². The zero-order chi connectivity index (χ0) is 18.4. The molecule has 26 heavy (non-hydrogen) atoms. The standard InChI is InChI=1S/C20H10F5N/c21-16-13(17(22)19(24)20(25)18(16)23)8-10-4-3-6-11-12-5-1-2-7-15(12)26-9-14(10)11/h1-7,9H,8H2. The Morgan fingerprint density at radius 2 is 1.23 bits per heavy atom. The van der Waals surface area contributed by atoms with E-state index in [2.05, 4.69) is 4.98 Å². The molecule has 4 aromatic rings. The topological polar surface area (TPSA) is 12.9 Å². The number of aromatic nitrogens is 1. The minimum Gasteiger partial charge on any atom is -0.256 e. The zero-order valence-corrected chi connectivity index (χ0v) is 13.2. The van der Waals surface area contributed by atoms with Gasteiger partial charge in [-0.3, -0.25) is 4.98 Å². The van der Waals surface area contributed by atoms with Crippen LogP contribution in [0, 0.1) is 29.1 Å². The Morgan fingerprint density at radius 1 is 0.615 bits per heavy atom. The number of hydrogen-bond donors (Lipinski definition) is 0. The van der Waals surface area contributed by atoms with Crippen LogP contribution in [0.3, 0.4) is 0 Å². The lowest BCUT2D eigenvalue weighted by atomic mass is 9.97. The predicted octanol–water partition coefficient (Wildman–Crippen LogP) is 5.67. The second kappa shape index (κ2) is 6.05. The van der Waals surface area contributed by atoms with E-state index in [1.165, 1.54) is 0 Å². The molecule has 0 unspecified atom stereocenters. The second-order valence-corrected chi connectivity index (χ2v) is 5.88. The monoisotopic (exact) mass is 359 g/mol. The third-order valence-corrected chi connectivity index (χ3v) is 4.39. The summed E-state index contributed by atoms with van der Waals surface area (Å²) in [4.78, 5) is 4.31. The molecular formula is C20H10F5N. The molecule has 0 aliphatic heterocycles. The Balaban J connectivity index is 1.93. The molecule has 0 radical (unpaired) electrons. The summed E-state index contributed by atoms with van der Waals surface area (Å²) in [7, 11) is 0. The fourth-order valence-corrected chi connectivity index (χ4v) is 3.10. The van der Waals surface area contributed by atoms with Crippen LogP contribution in [0.1, 0.15) is 11.1 Å². The first kappa shape index (κ1) is 16.4. The summed E-state index contributed by atoms with van der Waals surface area (Å²) in [6, 6.07) is 12.4. The number of halogens is 5. The predicted molar refractivity (Wildman–Crippen MR) is 88.3 cm³/mol. The minimum atomic E-state index is -2.16. The molecule has 0 saturated heterocycles. The Bertz CT molecular complexity index is 1140. The van der Waals surface area contributed by atoms with Crippen LogP contribution in [0.25, 0.3) is 21.7 Å². The van der Waals surface area contributed by atoms with Crippen LogP contribution in [0.4, 0.5) is 22.0 Å². The maximum absolute atomic E-state index is 14.0. The van der Waals surface area contributed by atoms with E-state index in [4.69, 9.17) is 0 Å². The molecule has 0 atom stereocenters. The van der Waals surface area contributed by atoms with Crippen LogP contribution in [0.15, 0.2) is 48.7 Å². The molecule has 0 spiro atoms. The van der Waals surface area contributed by atoms with Crippen molar-refractivity contribution in [3.05, 3.63) is 88.9 Å². The third kappa shape index (κ3) is 2.41. The van der Waals surface area contributed by atoms with Gasteiger partial charge in [-0.05, 0) is 17.0 Å². The first-order chi connectivity index (χ1) is 12.5. The molecule has 0 saturated carbocycles. The second-order valence-electron chi connectivity index (χ2n) is 5.88. The zero-order valence-electron chi connectivity index (χ0n) is 13.2. The summed E-state index contributed by atoms with van der Waals surface area (Å²) in [5.74, 6) is -9.67. The van der Waals surface area contributed by atoms with Crippen molar-refractivity contribution in [3.63, 3.8) is 0 Å². The minimum absolute atomic E-state index is 0.420. The van der Waals surface area contributed by atoms with Crippen LogP contribution in [-0.4, -0.2) is 4.98 Å². The summed E-state index contributed by atoms with van der Waals surface area (Å²) in [5.41, 5.74) is 0.305. The highest BCUT2D eigenvalue weighted by molar-refractivity contribution is 6.06. The van der Waals surface area contributed by atoms with Gasteiger partial charge in [-0.1, -0.05) is 36.4 Å². The van der Waals surface area contributed by atoms with Gasteiger partial charge in [0, 0.05) is 29.0 Å². The largest absolute Gasteiger partial charge is 0.256 e. The van der Waals surface area contributed by atoms with Crippen molar-refractivity contribution in [2.24, 2.45) is 0 Å². The van der Waals surface area contributed by atoms with Crippen molar-refractivity contribution in [1.29, 1.82) is 0 Å². The van der Waals surface area contributed by atoms with E-state index in [-0.39, 0.29) is 0 Å². The molecule has 130 valence electrons. The van der Waals surface area contributed by atoms with E-state index in [1.807, 2.05) is 30.3 Å². The van der Waals surface area contributed by atoms with Crippen molar-refractivity contribution in [1.82, 2.24) is 4.98 Å². The molecule has 0 aliphatic carbocycles. The van der Waals surface area contributed by atoms with Crippen molar-refractivity contribution in [2.45, 2.75) is 6.42 Å². The van der Waals surface area contributed by atoms with Crippen molar-refractivity contribution in [2.75, 3.05) is 0 Å². The number of hydrogen-bond acceptors (Lipinski definition) is 1. The van der Waals surface area contributed by atoms with Crippen LogP contribution in [-0.2, 0) is 6.42 Å². The molecule has 0 N–H and O–H groups in total. The molecule has 6 heteroatoms. The van der Waals surface area contributed by atoms with Crippen molar-refractivity contribution in [3.8, 4) is 0 Å². The Labute approximate surface area is 144 Å². The van der Waals surface area contributed by atoms with E-state index in [9.17, 15) is 22.0 Å². The van der Waals surface area contributed by atoms with Gasteiger partial charge in [-0.15, -0.1) is 0 Å². The lowest BCUT2D eigenvalue weighted by Gasteiger charge is -2.11. The molecule has 0 bridgehead atoms. The van der Waals surface area contributed by atoms with Gasteiger partial charge in [0.1, 0.15) is 0 Å².